The van der Waals surface area contributed by atoms with Crippen molar-refractivity contribution in [2.75, 3.05) is 7.05 Å². The fraction of sp³-hybridized carbons (Fsp3) is 0.500. The Labute approximate surface area is 151 Å². The molecule has 24 heavy (non-hydrogen) atoms. The number of carbonyl (C=O) groups is 2. The van der Waals surface area contributed by atoms with Gasteiger partial charge in [0.2, 0.25) is 0 Å². The number of hydrogen-bond donors (Lipinski definition) is 2. The van der Waals surface area contributed by atoms with Gasteiger partial charge in [0.1, 0.15) is 0 Å². The lowest BCUT2D eigenvalue weighted by Gasteiger charge is -2.50. The molecule has 0 bridgehead atoms. The molecule has 6 nitrogen and oxygen atoms in total. The van der Waals surface area contributed by atoms with Crippen LogP contribution in [0.3, 0.4) is 0 Å². The zero-order valence-electron chi connectivity index (χ0n) is 13.6. The third-order valence-corrected chi connectivity index (χ3v) is 6.11. The van der Waals surface area contributed by atoms with Crippen molar-refractivity contribution in [3.63, 3.8) is 0 Å². The minimum atomic E-state index is -1.38. The molecule has 1 aromatic heterocycles. The summed E-state index contributed by atoms with van der Waals surface area (Å²) in [4.78, 5) is 30.2. The monoisotopic (exact) mass is 362 g/mol. The Kier molecular flexibility index (Phi) is 3.66. The fourth-order valence-corrected chi connectivity index (χ4v) is 4.53. The van der Waals surface area contributed by atoms with Crippen LogP contribution in [0.25, 0.3) is 0 Å². The summed E-state index contributed by atoms with van der Waals surface area (Å²) in [6.07, 6.45) is 3.37. The fourth-order valence-electron chi connectivity index (χ4n) is 3.65. The SMILES string of the molecule is CN1C(=O)[C@@]2(S)C[C@](C)(C#N)C(c3cccnc3)N2C(=O)[C@]1(C)S. The lowest BCUT2D eigenvalue weighted by Crippen LogP contribution is -2.69. The van der Waals surface area contributed by atoms with Crippen LogP contribution in [0, 0.1) is 16.7 Å². The Morgan fingerprint density at radius 3 is 2.54 bits per heavy atom. The number of amides is 2. The van der Waals surface area contributed by atoms with Gasteiger partial charge in [-0.25, -0.2) is 0 Å². The predicted molar refractivity (Wildman–Crippen MR) is 94.0 cm³/mol. The Balaban J connectivity index is 2.24. The number of fused-ring (bicyclic) bond motifs is 1. The van der Waals surface area contributed by atoms with Gasteiger partial charge in [0.05, 0.1) is 17.5 Å². The number of carbonyl (C=O) groups excluding carboxylic acids is 2. The molecule has 3 heterocycles. The average molecular weight is 362 g/mol. The highest BCUT2D eigenvalue weighted by Crippen LogP contribution is 2.59. The molecule has 0 spiro atoms. The molecule has 0 saturated carbocycles. The smallest absolute Gasteiger partial charge is 0.260 e. The highest BCUT2D eigenvalue weighted by Gasteiger charge is 2.68. The maximum absolute atomic E-state index is 13.2. The minimum absolute atomic E-state index is 0.137. The maximum Gasteiger partial charge on any atom is 0.260 e. The van der Waals surface area contributed by atoms with E-state index in [1.165, 1.54) is 16.8 Å². The van der Waals surface area contributed by atoms with Crippen LogP contribution in [0.2, 0.25) is 0 Å². The number of piperazine rings is 1. The lowest BCUT2D eigenvalue weighted by atomic mass is 9.80. The highest BCUT2D eigenvalue weighted by molar-refractivity contribution is 7.83. The number of thiol groups is 2. The van der Waals surface area contributed by atoms with Crippen LogP contribution < -0.4 is 0 Å². The van der Waals surface area contributed by atoms with E-state index in [1.807, 2.05) is 0 Å². The predicted octanol–water partition coefficient (Wildman–Crippen LogP) is 1.63. The number of aromatic nitrogens is 1. The minimum Gasteiger partial charge on any atom is -0.320 e. The van der Waals surface area contributed by atoms with Crippen LogP contribution in [-0.2, 0) is 9.59 Å². The molecule has 1 aromatic rings. The standard InChI is InChI=1S/C16H18N4O2S2/c1-14(9-17)8-16(24)13(22)19(3)15(2,23)12(21)20(16)11(14)10-5-4-6-18-7-10/h4-7,11,23-24H,8H2,1-3H3/t11?,14-,15+,16+/m1/s1. The highest BCUT2D eigenvalue weighted by atomic mass is 32.1. The zero-order valence-corrected chi connectivity index (χ0v) is 15.4. The summed E-state index contributed by atoms with van der Waals surface area (Å²) < 4.78 is 0. The quantitative estimate of drug-likeness (QED) is 0.745. The number of likely N-dealkylation sites (N-methyl/N-ethyl adjacent to an activating group) is 1. The van der Waals surface area contributed by atoms with Crippen LogP contribution >= 0.6 is 25.3 Å². The molecule has 3 rings (SSSR count). The van der Waals surface area contributed by atoms with Crippen molar-refractivity contribution in [2.45, 2.75) is 36.1 Å². The first-order valence-electron chi connectivity index (χ1n) is 7.47. The Morgan fingerprint density at radius 2 is 2.00 bits per heavy atom. The molecule has 126 valence electrons. The first-order chi connectivity index (χ1) is 11.1. The number of nitrogens with zero attached hydrogens (tertiary/aromatic N) is 4. The molecule has 2 aliphatic heterocycles. The van der Waals surface area contributed by atoms with Crippen molar-refractivity contribution in [3.05, 3.63) is 30.1 Å². The van der Waals surface area contributed by atoms with E-state index in [9.17, 15) is 14.9 Å². The van der Waals surface area contributed by atoms with Gasteiger partial charge >= 0.3 is 0 Å². The van der Waals surface area contributed by atoms with Crippen molar-refractivity contribution in [2.24, 2.45) is 5.41 Å². The Hall–Kier alpha value is -1.72. The molecule has 2 saturated heterocycles. The molecule has 8 heteroatoms. The van der Waals surface area contributed by atoms with Gasteiger partial charge in [-0.2, -0.15) is 5.26 Å². The molecule has 4 atom stereocenters. The van der Waals surface area contributed by atoms with Gasteiger partial charge in [-0.05, 0) is 25.5 Å². The number of pyridine rings is 1. The van der Waals surface area contributed by atoms with E-state index >= 15 is 0 Å². The van der Waals surface area contributed by atoms with E-state index in [1.54, 1.807) is 38.4 Å². The van der Waals surface area contributed by atoms with Gasteiger partial charge in [-0.3, -0.25) is 14.6 Å². The first kappa shape index (κ1) is 17.1. The maximum atomic E-state index is 13.2. The molecule has 2 fully saturated rings. The first-order valence-corrected chi connectivity index (χ1v) is 8.37. The van der Waals surface area contributed by atoms with Crippen LogP contribution in [0.15, 0.2) is 24.5 Å². The third kappa shape index (κ3) is 2.01. The molecule has 0 aromatic carbocycles. The molecule has 0 N–H and O–H groups in total. The summed E-state index contributed by atoms with van der Waals surface area (Å²) in [6.45, 7) is 3.32. The normalized spacial score (nSPS) is 38.9. The van der Waals surface area contributed by atoms with E-state index in [0.717, 1.165) is 0 Å². The summed E-state index contributed by atoms with van der Waals surface area (Å²) in [7, 11) is 1.53. The van der Waals surface area contributed by atoms with Gasteiger partial charge in [0.25, 0.3) is 11.8 Å². The summed E-state index contributed by atoms with van der Waals surface area (Å²) in [6, 6.07) is 5.22. The summed E-state index contributed by atoms with van der Waals surface area (Å²) in [5.41, 5.74) is -0.266. The average Bonchev–Trinajstić information content (AvgIpc) is 2.81. The number of hydrogen-bond acceptors (Lipinski definition) is 6. The van der Waals surface area contributed by atoms with Crippen LogP contribution in [0.4, 0.5) is 0 Å². The second kappa shape index (κ2) is 5.14. The van der Waals surface area contributed by atoms with Gasteiger partial charge in [-0.15, -0.1) is 25.3 Å². The van der Waals surface area contributed by atoms with E-state index < -0.39 is 21.2 Å². The summed E-state index contributed by atoms with van der Waals surface area (Å²) in [5, 5.41) is 9.80. The van der Waals surface area contributed by atoms with Gasteiger partial charge in [-0.1, -0.05) is 6.07 Å². The van der Waals surface area contributed by atoms with Gasteiger partial charge in [0.15, 0.2) is 9.74 Å². The summed E-state index contributed by atoms with van der Waals surface area (Å²) >= 11 is 8.99. The Morgan fingerprint density at radius 1 is 1.33 bits per heavy atom. The van der Waals surface area contributed by atoms with Crippen molar-refractivity contribution < 1.29 is 9.59 Å². The zero-order chi connectivity index (χ0) is 17.9. The second-order valence-corrected chi connectivity index (χ2v) is 8.38. The molecular formula is C16H18N4O2S2. The van der Waals surface area contributed by atoms with E-state index in [0.29, 0.717) is 5.56 Å². The molecule has 0 radical (unpaired) electrons. The van der Waals surface area contributed by atoms with Crippen LogP contribution in [0.5, 0.6) is 0 Å². The topological polar surface area (TPSA) is 77.3 Å². The van der Waals surface area contributed by atoms with E-state index in [4.69, 9.17) is 0 Å². The summed E-state index contributed by atoms with van der Waals surface area (Å²) in [5.74, 6) is -0.688. The van der Waals surface area contributed by atoms with E-state index in [2.05, 4.69) is 36.3 Å². The molecule has 1 unspecified atom stereocenters. The van der Waals surface area contributed by atoms with Crippen molar-refractivity contribution in [3.8, 4) is 6.07 Å². The van der Waals surface area contributed by atoms with Crippen molar-refractivity contribution in [1.82, 2.24) is 14.8 Å². The number of rotatable bonds is 1. The van der Waals surface area contributed by atoms with Crippen LogP contribution in [-0.4, -0.2) is 43.4 Å². The van der Waals surface area contributed by atoms with Crippen molar-refractivity contribution in [1.29, 1.82) is 5.26 Å². The lowest BCUT2D eigenvalue weighted by molar-refractivity contribution is -0.163. The van der Waals surface area contributed by atoms with Gasteiger partial charge in [0, 0.05) is 25.9 Å². The number of nitriles is 1. The van der Waals surface area contributed by atoms with Crippen LogP contribution in [0.1, 0.15) is 31.9 Å². The van der Waals surface area contributed by atoms with E-state index in [-0.39, 0.29) is 18.2 Å². The Bertz CT molecular complexity index is 763. The molecule has 0 aliphatic carbocycles. The second-order valence-electron chi connectivity index (χ2n) is 6.77. The largest absolute Gasteiger partial charge is 0.320 e. The molecule has 2 amide bonds. The third-order valence-electron chi connectivity index (χ3n) is 5.05. The van der Waals surface area contributed by atoms with Gasteiger partial charge < -0.3 is 9.80 Å². The molecular weight excluding hydrogens is 344 g/mol. The molecule has 2 aliphatic rings. The van der Waals surface area contributed by atoms with Crippen molar-refractivity contribution >= 4 is 37.1 Å².